The first-order valence-corrected chi connectivity index (χ1v) is 7.17. The maximum atomic E-state index is 6.42. The molecule has 1 N–H and O–H groups in total. The summed E-state index contributed by atoms with van der Waals surface area (Å²) in [5.41, 5.74) is 1.51. The number of hydrogen-bond acceptors (Lipinski definition) is 3. The maximum absolute atomic E-state index is 6.42. The first kappa shape index (κ1) is 13.1. The van der Waals surface area contributed by atoms with E-state index >= 15 is 0 Å². The highest BCUT2D eigenvalue weighted by Crippen LogP contribution is 2.58. The summed E-state index contributed by atoms with van der Waals surface area (Å²) >= 11 is 6.42. The Morgan fingerprint density at radius 2 is 1.84 bits per heavy atom. The van der Waals surface area contributed by atoms with Gasteiger partial charge in [-0.2, -0.15) is 0 Å². The van der Waals surface area contributed by atoms with Gasteiger partial charge in [-0.3, -0.25) is 0 Å². The first-order chi connectivity index (χ1) is 9.03. The van der Waals surface area contributed by atoms with Crippen molar-refractivity contribution in [1.29, 1.82) is 0 Å². The summed E-state index contributed by atoms with van der Waals surface area (Å²) in [6.45, 7) is 5.79. The molecule has 104 valence electrons. The number of nitrogens with one attached hydrogen (secondary N) is 1. The lowest BCUT2D eigenvalue weighted by Crippen LogP contribution is -2.22. The van der Waals surface area contributed by atoms with Gasteiger partial charge in [0.2, 0.25) is 0 Å². The van der Waals surface area contributed by atoms with Gasteiger partial charge in [0.05, 0.1) is 0 Å². The van der Waals surface area contributed by atoms with Crippen LogP contribution in [0.4, 0.5) is 0 Å². The van der Waals surface area contributed by atoms with Crippen LogP contribution in [0.2, 0.25) is 5.02 Å². The Morgan fingerprint density at radius 3 is 2.37 bits per heavy atom. The minimum atomic E-state index is 0.276. The third kappa shape index (κ3) is 2.30. The highest BCUT2D eigenvalue weighted by atomic mass is 35.5. The second-order valence-corrected chi connectivity index (χ2v) is 6.49. The summed E-state index contributed by atoms with van der Waals surface area (Å²) < 4.78 is 11.2. The first-order valence-electron chi connectivity index (χ1n) is 6.79. The minimum Gasteiger partial charge on any atom is -0.486 e. The average Bonchev–Trinajstić information content (AvgIpc) is 2.99. The van der Waals surface area contributed by atoms with Crippen LogP contribution in [-0.2, 0) is 0 Å². The largest absolute Gasteiger partial charge is 0.486 e. The Hall–Kier alpha value is -0.930. The molecule has 0 amide bonds. The monoisotopic (exact) mass is 281 g/mol. The molecule has 1 fully saturated rings. The van der Waals surface area contributed by atoms with Crippen molar-refractivity contribution in [2.24, 2.45) is 11.3 Å². The highest BCUT2D eigenvalue weighted by molar-refractivity contribution is 6.31. The van der Waals surface area contributed by atoms with Crippen molar-refractivity contribution in [3.8, 4) is 11.5 Å². The molecule has 0 saturated heterocycles. The lowest BCUT2D eigenvalue weighted by molar-refractivity contribution is 0.171. The molecule has 1 saturated carbocycles. The molecule has 1 aliphatic heterocycles. The number of hydrogen-bond donors (Lipinski definition) is 1. The molecule has 2 atom stereocenters. The van der Waals surface area contributed by atoms with E-state index in [0.717, 1.165) is 22.1 Å². The van der Waals surface area contributed by atoms with Gasteiger partial charge in [-0.25, -0.2) is 0 Å². The van der Waals surface area contributed by atoms with E-state index in [-0.39, 0.29) is 6.04 Å². The second kappa shape index (κ2) is 4.57. The van der Waals surface area contributed by atoms with Crippen molar-refractivity contribution < 1.29 is 9.47 Å². The van der Waals surface area contributed by atoms with Crippen molar-refractivity contribution in [2.75, 3.05) is 20.3 Å². The average molecular weight is 282 g/mol. The molecule has 1 aromatic rings. The van der Waals surface area contributed by atoms with Crippen LogP contribution in [0.15, 0.2) is 12.1 Å². The van der Waals surface area contributed by atoms with Crippen molar-refractivity contribution in [3.05, 3.63) is 22.7 Å². The zero-order chi connectivity index (χ0) is 13.6. The molecule has 2 aliphatic rings. The van der Waals surface area contributed by atoms with Gasteiger partial charge in [-0.05, 0) is 36.4 Å². The fourth-order valence-corrected chi connectivity index (χ4v) is 3.24. The van der Waals surface area contributed by atoms with Gasteiger partial charge < -0.3 is 14.8 Å². The van der Waals surface area contributed by atoms with E-state index < -0.39 is 0 Å². The molecule has 4 heteroatoms. The number of benzene rings is 1. The SMILES string of the molecule is CNC(c1cc2c(cc1Cl)OCCO2)C1CC1(C)C. The fourth-order valence-electron chi connectivity index (χ4n) is 2.97. The predicted molar refractivity (Wildman–Crippen MR) is 76.1 cm³/mol. The van der Waals surface area contributed by atoms with E-state index in [4.69, 9.17) is 21.1 Å². The van der Waals surface area contributed by atoms with Crippen LogP contribution < -0.4 is 14.8 Å². The summed E-state index contributed by atoms with van der Waals surface area (Å²) in [6.07, 6.45) is 1.23. The number of rotatable bonds is 3. The molecule has 19 heavy (non-hydrogen) atoms. The Kier molecular flexibility index (Phi) is 3.14. The van der Waals surface area contributed by atoms with E-state index in [1.165, 1.54) is 6.42 Å². The van der Waals surface area contributed by atoms with E-state index in [1.807, 2.05) is 19.2 Å². The van der Waals surface area contributed by atoms with Crippen molar-refractivity contribution >= 4 is 11.6 Å². The fraction of sp³-hybridized carbons (Fsp3) is 0.600. The topological polar surface area (TPSA) is 30.5 Å². The molecule has 0 radical (unpaired) electrons. The van der Waals surface area contributed by atoms with Gasteiger partial charge in [0.25, 0.3) is 0 Å². The zero-order valence-electron chi connectivity index (χ0n) is 11.6. The normalized spacial score (nSPS) is 24.9. The van der Waals surface area contributed by atoms with Gasteiger partial charge in [0.1, 0.15) is 13.2 Å². The number of fused-ring (bicyclic) bond motifs is 1. The molecule has 2 unspecified atom stereocenters. The maximum Gasteiger partial charge on any atom is 0.162 e. The van der Waals surface area contributed by atoms with Crippen LogP contribution in [0.25, 0.3) is 0 Å². The lowest BCUT2D eigenvalue weighted by Gasteiger charge is -2.24. The minimum absolute atomic E-state index is 0.276. The molecule has 1 aromatic carbocycles. The summed E-state index contributed by atoms with van der Waals surface area (Å²) in [7, 11) is 1.99. The van der Waals surface area contributed by atoms with E-state index in [2.05, 4.69) is 19.2 Å². The van der Waals surface area contributed by atoms with E-state index in [0.29, 0.717) is 24.5 Å². The summed E-state index contributed by atoms with van der Waals surface area (Å²) in [5, 5.41) is 4.16. The molecule has 0 aromatic heterocycles. The second-order valence-electron chi connectivity index (χ2n) is 6.08. The Labute approximate surface area is 119 Å². The van der Waals surface area contributed by atoms with Gasteiger partial charge in [-0.1, -0.05) is 25.4 Å². The van der Waals surface area contributed by atoms with Gasteiger partial charge in [0, 0.05) is 17.1 Å². The zero-order valence-corrected chi connectivity index (χ0v) is 12.4. The molecular weight excluding hydrogens is 262 g/mol. The van der Waals surface area contributed by atoms with Crippen molar-refractivity contribution in [3.63, 3.8) is 0 Å². The van der Waals surface area contributed by atoms with Crippen LogP contribution in [0.5, 0.6) is 11.5 Å². The van der Waals surface area contributed by atoms with Crippen LogP contribution in [0.3, 0.4) is 0 Å². The van der Waals surface area contributed by atoms with Gasteiger partial charge in [-0.15, -0.1) is 0 Å². The molecular formula is C15H20ClNO2. The molecule has 3 rings (SSSR count). The lowest BCUT2D eigenvalue weighted by atomic mass is 9.96. The highest BCUT2D eigenvalue weighted by Gasteiger charge is 2.50. The molecule has 1 heterocycles. The number of halogens is 1. The van der Waals surface area contributed by atoms with E-state index in [1.54, 1.807) is 0 Å². The van der Waals surface area contributed by atoms with Crippen molar-refractivity contribution in [2.45, 2.75) is 26.3 Å². The van der Waals surface area contributed by atoms with Crippen LogP contribution in [0.1, 0.15) is 31.9 Å². The number of ether oxygens (including phenoxy) is 2. The third-order valence-corrected chi connectivity index (χ3v) is 4.63. The Balaban J connectivity index is 1.95. The molecule has 0 bridgehead atoms. The third-order valence-electron chi connectivity index (χ3n) is 4.30. The molecule has 3 nitrogen and oxygen atoms in total. The quantitative estimate of drug-likeness (QED) is 0.921. The molecule has 1 aliphatic carbocycles. The van der Waals surface area contributed by atoms with Crippen molar-refractivity contribution in [1.82, 2.24) is 5.32 Å². The predicted octanol–water partition coefficient (Wildman–Crippen LogP) is 3.42. The van der Waals surface area contributed by atoms with E-state index in [9.17, 15) is 0 Å². The Bertz CT molecular complexity index is 501. The summed E-state index contributed by atoms with van der Waals surface area (Å²) in [5.74, 6) is 2.19. The van der Waals surface area contributed by atoms with Crippen LogP contribution in [0, 0.1) is 11.3 Å². The smallest absolute Gasteiger partial charge is 0.162 e. The standard InChI is InChI=1S/C15H20ClNO2/c1-15(2)8-10(15)14(17-3)9-6-12-13(7-11(9)16)19-5-4-18-12/h6-7,10,14,17H,4-5,8H2,1-3H3. The summed E-state index contributed by atoms with van der Waals surface area (Å²) in [6, 6.07) is 4.19. The van der Waals surface area contributed by atoms with Crippen LogP contribution >= 0.6 is 11.6 Å². The van der Waals surface area contributed by atoms with Crippen LogP contribution in [-0.4, -0.2) is 20.3 Å². The summed E-state index contributed by atoms with van der Waals surface area (Å²) in [4.78, 5) is 0. The Morgan fingerprint density at radius 1 is 1.26 bits per heavy atom. The van der Waals surface area contributed by atoms with Gasteiger partial charge in [0.15, 0.2) is 11.5 Å². The molecule has 0 spiro atoms. The van der Waals surface area contributed by atoms with Gasteiger partial charge >= 0.3 is 0 Å².